The van der Waals surface area contributed by atoms with Crippen LogP contribution in [0.2, 0.25) is 0 Å². The van der Waals surface area contributed by atoms with Crippen LogP contribution in [0.1, 0.15) is 36.7 Å². The molecule has 0 spiro atoms. The summed E-state index contributed by atoms with van der Waals surface area (Å²) in [5, 5.41) is 16.2. The molecule has 0 bridgehead atoms. The number of anilines is 2. The first-order chi connectivity index (χ1) is 12.9. The molecule has 0 aromatic carbocycles. The maximum atomic E-state index is 12.1. The molecule has 0 unspecified atom stereocenters. The smallest absolute Gasteiger partial charge is 0.245 e. The molecule has 8 nitrogen and oxygen atoms in total. The minimum absolute atomic E-state index is 0. The second kappa shape index (κ2) is 6.86. The lowest BCUT2D eigenvalue weighted by atomic mass is 10.0. The summed E-state index contributed by atoms with van der Waals surface area (Å²) in [5.74, 6) is 1.17. The van der Waals surface area contributed by atoms with Gasteiger partial charge in [-0.3, -0.25) is 9.78 Å². The number of aromatic nitrogens is 3. The Bertz CT molecular complexity index is 854. The van der Waals surface area contributed by atoms with Gasteiger partial charge < -0.3 is 20.6 Å². The van der Waals surface area contributed by atoms with Crippen molar-refractivity contribution in [2.75, 3.05) is 29.9 Å². The highest BCUT2D eigenvalue weighted by molar-refractivity contribution is 5.99. The van der Waals surface area contributed by atoms with Crippen molar-refractivity contribution in [3.05, 3.63) is 30.2 Å². The fourth-order valence-corrected chi connectivity index (χ4v) is 3.54. The largest absolute Gasteiger partial charge is 0.384 e. The van der Waals surface area contributed by atoms with Crippen molar-refractivity contribution in [3.63, 3.8) is 0 Å². The molecule has 1 saturated heterocycles. The van der Waals surface area contributed by atoms with Crippen molar-refractivity contribution >= 4 is 17.5 Å². The fraction of sp³-hybridized carbons (Fsp3) is 0.474. The quantitative estimate of drug-likeness (QED) is 0.755. The Morgan fingerprint density at radius 1 is 1.22 bits per heavy atom. The first-order valence-electron chi connectivity index (χ1n) is 9.25. The second-order valence-electron chi connectivity index (χ2n) is 7.58. The minimum atomic E-state index is -0.990. The maximum Gasteiger partial charge on any atom is 0.245 e. The number of carbonyl (C=O) groups excluding carboxylic acids is 1. The van der Waals surface area contributed by atoms with Gasteiger partial charge in [-0.2, -0.15) is 0 Å². The fourth-order valence-electron chi connectivity index (χ4n) is 3.54. The standard InChI is InChI=1S/C19H24N6O2.3H2/c1-19(2,27)15-4-3-12(9-21-15)14-10-22-17-18(23-14)25(11-16(26)24-17)13-5-7-20-8-6-13;;;/h3-4,9-10,13,20,27H,5-8,11H2,1-2H3,(H,22,24,26);3*1H. The van der Waals surface area contributed by atoms with E-state index in [0.717, 1.165) is 31.5 Å². The number of hydrogen-bond acceptors (Lipinski definition) is 7. The lowest BCUT2D eigenvalue weighted by molar-refractivity contribution is -0.115. The number of carbonyl (C=O) groups is 1. The Kier molecular flexibility index (Phi) is 4.53. The van der Waals surface area contributed by atoms with E-state index in [1.54, 1.807) is 32.3 Å². The molecule has 27 heavy (non-hydrogen) atoms. The maximum absolute atomic E-state index is 12.1. The van der Waals surface area contributed by atoms with E-state index in [0.29, 0.717) is 29.6 Å². The predicted octanol–water partition coefficient (Wildman–Crippen LogP) is 2.01. The highest BCUT2D eigenvalue weighted by Gasteiger charge is 2.31. The molecule has 0 atom stereocenters. The summed E-state index contributed by atoms with van der Waals surface area (Å²) in [6.45, 7) is 5.58. The number of amides is 1. The number of pyridine rings is 1. The zero-order valence-corrected chi connectivity index (χ0v) is 15.6. The van der Waals surface area contributed by atoms with Crippen LogP contribution in [0.5, 0.6) is 0 Å². The van der Waals surface area contributed by atoms with Crippen molar-refractivity contribution < 1.29 is 14.2 Å². The summed E-state index contributed by atoms with van der Waals surface area (Å²) < 4.78 is 0. The van der Waals surface area contributed by atoms with Crippen LogP contribution in [0, 0.1) is 0 Å². The normalized spacial score (nSPS) is 18.2. The highest BCUT2D eigenvalue weighted by Crippen LogP contribution is 2.31. The molecular weight excluding hydrogens is 344 g/mol. The van der Waals surface area contributed by atoms with Gasteiger partial charge in [0.05, 0.1) is 24.1 Å². The molecule has 2 aliphatic heterocycles. The molecule has 3 N–H and O–H groups in total. The Hall–Kier alpha value is -2.58. The molecule has 1 amide bonds. The van der Waals surface area contributed by atoms with Crippen LogP contribution >= 0.6 is 0 Å². The van der Waals surface area contributed by atoms with E-state index in [4.69, 9.17) is 4.98 Å². The zero-order valence-electron chi connectivity index (χ0n) is 15.6. The first-order valence-corrected chi connectivity index (χ1v) is 9.25. The van der Waals surface area contributed by atoms with Gasteiger partial charge in [-0.15, -0.1) is 0 Å². The number of rotatable bonds is 3. The van der Waals surface area contributed by atoms with E-state index in [2.05, 4.69) is 25.5 Å². The predicted molar refractivity (Wildman–Crippen MR) is 109 cm³/mol. The number of nitrogens with zero attached hydrogens (tertiary/aromatic N) is 4. The molecule has 4 rings (SSSR count). The van der Waals surface area contributed by atoms with Crippen LogP contribution in [0.15, 0.2) is 24.5 Å². The van der Waals surface area contributed by atoms with Crippen LogP contribution in [0.25, 0.3) is 11.3 Å². The average molecular weight is 374 g/mol. The second-order valence-corrected chi connectivity index (χ2v) is 7.58. The lowest BCUT2D eigenvalue weighted by Gasteiger charge is -2.38. The van der Waals surface area contributed by atoms with Gasteiger partial charge in [0.25, 0.3) is 0 Å². The number of aliphatic hydroxyl groups is 1. The van der Waals surface area contributed by atoms with Crippen molar-refractivity contribution in [1.29, 1.82) is 0 Å². The molecule has 1 fully saturated rings. The lowest BCUT2D eigenvalue weighted by Crippen LogP contribution is -2.49. The Morgan fingerprint density at radius 3 is 2.67 bits per heavy atom. The zero-order chi connectivity index (χ0) is 19.0. The van der Waals surface area contributed by atoms with Gasteiger partial charge in [0.15, 0.2) is 11.6 Å². The third kappa shape index (κ3) is 3.63. The van der Waals surface area contributed by atoms with E-state index in [1.165, 1.54) is 0 Å². The molecule has 4 heterocycles. The number of piperidine rings is 1. The molecule has 0 saturated carbocycles. The van der Waals surface area contributed by atoms with Gasteiger partial charge in [0.2, 0.25) is 5.91 Å². The molecule has 8 heteroatoms. The van der Waals surface area contributed by atoms with Crippen molar-refractivity contribution in [2.45, 2.75) is 38.3 Å². The minimum Gasteiger partial charge on any atom is -0.384 e. The van der Waals surface area contributed by atoms with Crippen molar-refractivity contribution in [1.82, 2.24) is 20.3 Å². The SMILES string of the molecule is CC(C)(O)c1ccc(-c2cnc3c(n2)N(C2CCNCC2)CC(=O)N3)cn1.[HH].[HH].[HH]. The van der Waals surface area contributed by atoms with Crippen molar-refractivity contribution in [2.24, 2.45) is 0 Å². The van der Waals surface area contributed by atoms with Gasteiger partial charge in [-0.25, -0.2) is 9.97 Å². The summed E-state index contributed by atoms with van der Waals surface area (Å²) in [6, 6.07) is 3.95. The van der Waals surface area contributed by atoms with E-state index in [-0.39, 0.29) is 16.2 Å². The molecule has 2 aliphatic rings. The first kappa shape index (κ1) is 17.8. The van der Waals surface area contributed by atoms with Gasteiger partial charge in [-0.1, -0.05) is 0 Å². The summed E-state index contributed by atoms with van der Waals surface area (Å²) in [6.07, 6.45) is 5.28. The third-order valence-electron chi connectivity index (χ3n) is 5.03. The van der Waals surface area contributed by atoms with Crippen LogP contribution in [-0.4, -0.2) is 51.6 Å². The summed E-state index contributed by atoms with van der Waals surface area (Å²) in [4.78, 5) is 27.7. The molecule has 0 radical (unpaired) electrons. The van der Waals surface area contributed by atoms with Gasteiger partial charge in [-0.05, 0) is 51.9 Å². The van der Waals surface area contributed by atoms with Crippen LogP contribution in [-0.2, 0) is 10.4 Å². The molecular formula is C19H30N6O2. The monoisotopic (exact) mass is 374 g/mol. The van der Waals surface area contributed by atoms with Crippen LogP contribution < -0.4 is 15.5 Å². The van der Waals surface area contributed by atoms with Crippen molar-refractivity contribution in [3.8, 4) is 11.3 Å². The topological polar surface area (TPSA) is 103 Å². The summed E-state index contributed by atoms with van der Waals surface area (Å²) >= 11 is 0. The number of fused-ring (bicyclic) bond motifs is 1. The molecule has 0 aliphatic carbocycles. The van der Waals surface area contributed by atoms with E-state index < -0.39 is 5.60 Å². The Labute approximate surface area is 162 Å². The van der Waals surface area contributed by atoms with E-state index in [1.807, 2.05) is 6.07 Å². The summed E-state index contributed by atoms with van der Waals surface area (Å²) in [5.41, 5.74) is 1.12. The van der Waals surface area contributed by atoms with Gasteiger partial charge >= 0.3 is 0 Å². The average Bonchev–Trinajstić information content (AvgIpc) is 2.67. The Balaban J connectivity index is 0.00000150. The van der Waals surface area contributed by atoms with Crippen LogP contribution in [0.4, 0.5) is 11.6 Å². The van der Waals surface area contributed by atoms with E-state index >= 15 is 0 Å². The highest BCUT2D eigenvalue weighted by atomic mass is 16.3. The van der Waals surface area contributed by atoms with Gasteiger partial charge in [0.1, 0.15) is 5.60 Å². The van der Waals surface area contributed by atoms with Gasteiger partial charge in [0, 0.05) is 22.1 Å². The summed E-state index contributed by atoms with van der Waals surface area (Å²) in [7, 11) is 0. The molecule has 2 aromatic rings. The molecule has 2 aromatic heterocycles. The van der Waals surface area contributed by atoms with E-state index in [9.17, 15) is 9.90 Å². The number of nitrogens with one attached hydrogen (secondary N) is 2. The van der Waals surface area contributed by atoms with Crippen LogP contribution in [0.3, 0.4) is 0 Å². The Morgan fingerprint density at radius 2 is 2.00 bits per heavy atom. The number of hydrogen-bond donors (Lipinski definition) is 3. The molecule has 148 valence electrons. The third-order valence-corrected chi connectivity index (χ3v) is 5.03.